The molecule has 0 unspecified atom stereocenters. The highest BCUT2D eigenvalue weighted by atomic mass is 35.5. The van der Waals surface area contributed by atoms with Gasteiger partial charge in [-0.3, -0.25) is 14.8 Å². The van der Waals surface area contributed by atoms with Crippen LogP contribution in [-0.4, -0.2) is 22.9 Å². The van der Waals surface area contributed by atoms with Crippen molar-refractivity contribution in [3.8, 4) is 5.75 Å². The van der Waals surface area contributed by atoms with Gasteiger partial charge in [0.25, 0.3) is 0 Å². The standard InChI is InChI=1S/C16H11ClN2O2/c1-21-15-9-11(2-4-12(15)17)16(20)10-3-5-13-14(8-10)19-7-6-18-13/h2-9H,1H3. The van der Waals surface area contributed by atoms with E-state index in [-0.39, 0.29) is 5.78 Å². The topological polar surface area (TPSA) is 52.1 Å². The number of ether oxygens (including phenoxy) is 1. The van der Waals surface area contributed by atoms with Crippen LogP contribution in [0.1, 0.15) is 15.9 Å². The molecule has 0 N–H and O–H groups in total. The molecule has 2 aromatic carbocycles. The zero-order valence-electron chi connectivity index (χ0n) is 11.2. The van der Waals surface area contributed by atoms with Crippen LogP contribution in [0, 0.1) is 0 Å². The Morgan fingerprint density at radius 3 is 2.43 bits per heavy atom. The molecular formula is C16H11ClN2O2. The molecule has 0 atom stereocenters. The molecule has 0 aliphatic carbocycles. The van der Waals surface area contributed by atoms with Gasteiger partial charge in [0.05, 0.1) is 23.2 Å². The van der Waals surface area contributed by atoms with Gasteiger partial charge in [-0.15, -0.1) is 0 Å². The fourth-order valence-electron chi connectivity index (χ4n) is 2.07. The predicted octanol–water partition coefficient (Wildman–Crippen LogP) is 3.52. The fourth-order valence-corrected chi connectivity index (χ4v) is 2.27. The zero-order valence-corrected chi connectivity index (χ0v) is 12.0. The lowest BCUT2D eigenvalue weighted by molar-refractivity contribution is 0.103. The molecule has 3 rings (SSSR count). The molecule has 4 nitrogen and oxygen atoms in total. The minimum absolute atomic E-state index is 0.113. The number of rotatable bonds is 3. The largest absolute Gasteiger partial charge is 0.495 e. The second-order valence-corrected chi connectivity index (χ2v) is 4.85. The van der Waals surface area contributed by atoms with Crippen molar-refractivity contribution < 1.29 is 9.53 Å². The quantitative estimate of drug-likeness (QED) is 0.694. The van der Waals surface area contributed by atoms with E-state index in [1.54, 1.807) is 48.8 Å². The summed E-state index contributed by atoms with van der Waals surface area (Å²) in [5.41, 5.74) is 2.50. The van der Waals surface area contributed by atoms with Gasteiger partial charge in [-0.1, -0.05) is 11.6 Å². The van der Waals surface area contributed by atoms with E-state index in [0.29, 0.717) is 27.4 Å². The average Bonchev–Trinajstić information content (AvgIpc) is 2.54. The van der Waals surface area contributed by atoms with Gasteiger partial charge in [0.15, 0.2) is 5.78 Å². The predicted molar refractivity (Wildman–Crippen MR) is 81.0 cm³/mol. The number of nitrogens with zero attached hydrogens (tertiary/aromatic N) is 2. The first kappa shape index (κ1) is 13.5. The molecule has 0 saturated heterocycles. The summed E-state index contributed by atoms with van der Waals surface area (Å²) in [6.45, 7) is 0. The molecule has 0 radical (unpaired) electrons. The Hall–Kier alpha value is -2.46. The zero-order chi connectivity index (χ0) is 14.8. The lowest BCUT2D eigenvalue weighted by Gasteiger charge is -2.06. The van der Waals surface area contributed by atoms with E-state index >= 15 is 0 Å². The third-order valence-corrected chi connectivity index (χ3v) is 3.46. The minimum atomic E-state index is -0.113. The van der Waals surface area contributed by atoms with Gasteiger partial charge in [-0.05, 0) is 36.4 Å². The monoisotopic (exact) mass is 298 g/mol. The molecule has 0 spiro atoms. The summed E-state index contributed by atoms with van der Waals surface area (Å²) in [7, 11) is 1.51. The van der Waals surface area contributed by atoms with Crippen LogP contribution in [0.5, 0.6) is 5.75 Å². The first-order valence-corrected chi connectivity index (χ1v) is 6.66. The molecule has 0 bridgehead atoms. The molecule has 1 aromatic heterocycles. The van der Waals surface area contributed by atoms with Crippen molar-refractivity contribution in [2.45, 2.75) is 0 Å². The van der Waals surface area contributed by atoms with Crippen molar-refractivity contribution in [3.63, 3.8) is 0 Å². The lowest BCUT2D eigenvalue weighted by atomic mass is 10.0. The highest BCUT2D eigenvalue weighted by Crippen LogP contribution is 2.26. The number of carbonyl (C=O) groups excluding carboxylic acids is 1. The van der Waals surface area contributed by atoms with Crippen LogP contribution < -0.4 is 4.74 Å². The minimum Gasteiger partial charge on any atom is -0.495 e. The van der Waals surface area contributed by atoms with Gasteiger partial charge in [-0.2, -0.15) is 0 Å². The SMILES string of the molecule is COc1cc(C(=O)c2ccc3nccnc3c2)ccc1Cl. The van der Waals surface area contributed by atoms with Crippen molar-refractivity contribution in [1.82, 2.24) is 9.97 Å². The number of benzene rings is 2. The number of ketones is 1. The van der Waals surface area contributed by atoms with Gasteiger partial charge in [0.2, 0.25) is 0 Å². The van der Waals surface area contributed by atoms with Crippen LogP contribution in [0.2, 0.25) is 5.02 Å². The van der Waals surface area contributed by atoms with E-state index < -0.39 is 0 Å². The first-order valence-electron chi connectivity index (χ1n) is 6.28. The maximum atomic E-state index is 12.5. The van der Waals surface area contributed by atoms with E-state index in [2.05, 4.69) is 9.97 Å². The Kier molecular flexibility index (Phi) is 3.54. The Morgan fingerprint density at radius 2 is 1.67 bits per heavy atom. The summed E-state index contributed by atoms with van der Waals surface area (Å²) in [6, 6.07) is 10.2. The Bertz CT molecular complexity index is 833. The van der Waals surface area contributed by atoms with Crippen LogP contribution >= 0.6 is 11.6 Å². The van der Waals surface area contributed by atoms with Crippen molar-refractivity contribution in [2.75, 3.05) is 7.11 Å². The summed E-state index contributed by atoms with van der Waals surface area (Å²) in [4.78, 5) is 20.9. The van der Waals surface area contributed by atoms with Crippen molar-refractivity contribution in [2.24, 2.45) is 0 Å². The molecule has 0 aliphatic rings. The second kappa shape index (κ2) is 5.50. The Balaban J connectivity index is 2.03. The normalized spacial score (nSPS) is 10.6. The van der Waals surface area contributed by atoms with E-state index in [4.69, 9.17) is 16.3 Å². The third kappa shape index (κ3) is 2.58. The maximum absolute atomic E-state index is 12.5. The summed E-state index contributed by atoms with van der Waals surface area (Å²) < 4.78 is 5.14. The average molecular weight is 299 g/mol. The van der Waals surface area contributed by atoms with Gasteiger partial charge >= 0.3 is 0 Å². The van der Waals surface area contributed by atoms with Crippen molar-refractivity contribution in [1.29, 1.82) is 0 Å². The van der Waals surface area contributed by atoms with Gasteiger partial charge in [0, 0.05) is 23.5 Å². The number of fused-ring (bicyclic) bond motifs is 1. The Morgan fingerprint density at radius 1 is 1.00 bits per heavy atom. The molecule has 1 heterocycles. The number of hydrogen-bond donors (Lipinski definition) is 0. The molecule has 0 fully saturated rings. The van der Waals surface area contributed by atoms with Gasteiger partial charge in [-0.25, -0.2) is 0 Å². The molecule has 0 aliphatic heterocycles. The highest BCUT2D eigenvalue weighted by Gasteiger charge is 2.12. The third-order valence-electron chi connectivity index (χ3n) is 3.14. The fraction of sp³-hybridized carbons (Fsp3) is 0.0625. The summed E-state index contributed by atoms with van der Waals surface area (Å²) >= 11 is 5.97. The van der Waals surface area contributed by atoms with E-state index in [1.165, 1.54) is 7.11 Å². The molecule has 0 saturated carbocycles. The van der Waals surface area contributed by atoms with Crippen LogP contribution in [0.25, 0.3) is 11.0 Å². The molecule has 3 aromatic rings. The van der Waals surface area contributed by atoms with Crippen LogP contribution in [0.4, 0.5) is 0 Å². The summed E-state index contributed by atoms with van der Waals surface area (Å²) in [6.07, 6.45) is 3.22. The van der Waals surface area contributed by atoms with Crippen LogP contribution in [0.3, 0.4) is 0 Å². The van der Waals surface area contributed by atoms with E-state index in [9.17, 15) is 4.79 Å². The molecule has 5 heteroatoms. The van der Waals surface area contributed by atoms with Crippen LogP contribution in [0.15, 0.2) is 48.8 Å². The van der Waals surface area contributed by atoms with Gasteiger partial charge < -0.3 is 4.74 Å². The number of carbonyl (C=O) groups is 1. The van der Waals surface area contributed by atoms with E-state index in [0.717, 1.165) is 5.52 Å². The van der Waals surface area contributed by atoms with Crippen LogP contribution in [-0.2, 0) is 0 Å². The maximum Gasteiger partial charge on any atom is 0.193 e. The van der Waals surface area contributed by atoms with Crippen molar-refractivity contribution >= 4 is 28.4 Å². The number of methoxy groups -OCH3 is 1. The number of aromatic nitrogens is 2. The first-order chi connectivity index (χ1) is 10.2. The number of halogens is 1. The Labute approximate surface area is 126 Å². The smallest absolute Gasteiger partial charge is 0.193 e. The molecule has 21 heavy (non-hydrogen) atoms. The van der Waals surface area contributed by atoms with Gasteiger partial charge in [0.1, 0.15) is 5.75 Å². The van der Waals surface area contributed by atoms with E-state index in [1.807, 2.05) is 0 Å². The molecule has 0 amide bonds. The highest BCUT2D eigenvalue weighted by molar-refractivity contribution is 6.32. The summed E-state index contributed by atoms with van der Waals surface area (Å²) in [5, 5.41) is 0.471. The number of hydrogen-bond acceptors (Lipinski definition) is 4. The van der Waals surface area contributed by atoms with Crippen molar-refractivity contribution in [3.05, 3.63) is 64.9 Å². The lowest BCUT2D eigenvalue weighted by Crippen LogP contribution is -2.02. The molecular weight excluding hydrogens is 288 g/mol. The molecule has 104 valence electrons. The summed E-state index contributed by atoms with van der Waals surface area (Å²) in [5.74, 6) is 0.362. The second-order valence-electron chi connectivity index (χ2n) is 4.44.